The van der Waals surface area contributed by atoms with E-state index in [1.54, 1.807) is 6.08 Å². The monoisotopic (exact) mass is 407 g/mol. The molecule has 1 aromatic heterocycles. The van der Waals surface area contributed by atoms with Gasteiger partial charge in [-0.2, -0.15) is 5.26 Å². The van der Waals surface area contributed by atoms with Crippen LogP contribution in [0, 0.1) is 30.1 Å². The van der Waals surface area contributed by atoms with E-state index < -0.39 is 17.8 Å². The average molecular weight is 408 g/mol. The molecule has 0 unspecified atom stereocenters. The van der Waals surface area contributed by atoms with E-state index >= 15 is 0 Å². The van der Waals surface area contributed by atoms with Crippen molar-refractivity contribution in [1.82, 2.24) is 0 Å². The summed E-state index contributed by atoms with van der Waals surface area (Å²) >= 11 is 1.34. The predicted octanol–water partition coefficient (Wildman–Crippen LogP) is 3.99. The van der Waals surface area contributed by atoms with E-state index in [2.05, 4.69) is 37.4 Å². The Bertz CT molecular complexity index is 996. The number of allylic oxidation sites excluding steroid dienone is 2. The normalized spacial score (nSPS) is 18.4. The number of nitriles is 1. The van der Waals surface area contributed by atoms with Crippen molar-refractivity contribution in [2.24, 2.45) is 11.8 Å². The molecule has 3 rings (SSSR count). The number of nitrogens with one attached hydrogen (secondary N) is 1. The number of carbonyl (C=O) groups is 2. The number of carbonyl (C=O) groups excluding carboxylic acids is 2. The number of carboxylic acid groups (broad SMARTS) is 1. The highest BCUT2D eigenvalue weighted by atomic mass is 32.1. The van der Waals surface area contributed by atoms with Crippen LogP contribution in [0.1, 0.15) is 48.6 Å². The lowest BCUT2D eigenvalue weighted by atomic mass is 9.82. The SMILES string of the molecule is Cc1sc(NC(=O)[C@H]2CC=CC[C@H]2C(=O)[O-])c(C#N)c1-c1ccc(C(C)C)cc1. The van der Waals surface area contributed by atoms with Crippen molar-refractivity contribution >= 4 is 28.2 Å². The van der Waals surface area contributed by atoms with Gasteiger partial charge in [-0.15, -0.1) is 11.3 Å². The fourth-order valence-electron chi connectivity index (χ4n) is 3.69. The van der Waals surface area contributed by atoms with E-state index in [-0.39, 0.29) is 12.3 Å². The van der Waals surface area contributed by atoms with Crippen LogP contribution < -0.4 is 10.4 Å². The van der Waals surface area contributed by atoms with Crippen molar-refractivity contribution < 1.29 is 14.7 Å². The summed E-state index contributed by atoms with van der Waals surface area (Å²) in [6.07, 6.45) is 4.21. The number of anilines is 1. The fraction of sp³-hybridized carbons (Fsp3) is 0.348. The zero-order chi connectivity index (χ0) is 21.1. The third kappa shape index (κ3) is 4.25. The number of aryl methyl sites for hydroxylation is 1. The third-order valence-electron chi connectivity index (χ3n) is 5.37. The minimum atomic E-state index is -1.22. The number of hydrogen-bond donors (Lipinski definition) is 1. The second-order valence-corrected chi connectivity index (χ2v) is 8.81. The lowest BCUT2D eigenvalue weighted by Gasteiger charge is -2.28. The molecule has 0 fully saturated rings. The van der Waals surface area contributed by atoms with E-state index in [1.165, 1.54) is 16.9 Å². The van der Waals surface area contributed by atoms with Crippen molar-refractivity contribution in [3.63, 3.8) is 0 Å². The van der Waals surface area contributed by atoms with Crippen LogP contribution >= 0.6 is 11.3 Å². The molecule has 150 valence electrons. The molecule has 0 saturated heterocycles. The van der Waals surface area contributed by atoms with E-state index in [0.29, 0.717) is 22.9 Å². The Morgan fingerprint density at radius 2 is 1.79 bits per heavy atom. The summed E-state index contributed by atoms with van der Waals surface area (Å²) in [7, 11) is 0. The minimum Gasteiger partial charge on any atom is -0.550 e. The molecule has 0 spiro atoms. The van der Waals surface area contributed by atoms with E-state index in [4.69, 9.17) is 0 Å². The van der Waals surface area contributed by atoms with E-state index in [0.717, 1.165) is 16.0 Å². The molecule has 1 amide bonds. The first-order chi connectivity index (χ1) is 13.8. The highest BCUT2D eigenvalue weighted by Gasteiger charge is 2.31. The van der Waals surface area contributed by atoms with Gasteiger partial charge in [0, 0.05) is 22.3 Å². The summed E-state index contributed by atoms with van der Waals surface area (Å²) in [6.45, 7) is 6.17. The summed E-state index contributed by atoms with van der Waals surface area (Å²) in [5, 5.41) is 24.4. The smallest absolute Gasteiger partial charge is 0.229 e. The molecule has 2 atom stereocenters. The molecule has 0 aliphatic heterocycles. The van der Waals surface area contributed by atoms with Gasteiger partial charge in [0.15, 0.2) is 0 Å². The van der Waals surface area contributed by atoms with Gasteiger partial charge in [-0.05, 0) is 36.8 Å². The Labute approximate surface area is 174 Å². The molecular weight excluding hydrogens is 384 g/mol. The first-order valence-corrected chi connectivity index (χ1v) is 10.5. The molecule has 29 heavy (non-hydrogen) atoms. The van der Waals surface area contributed by atoms with E-state index in [9.17, 15) is 20.0 Å². The highest BCUT2D eigenvalue weighted by molar-refractivity contribution is 7.17. The Hall–Kier alpha value is -2.91. The summed E-state index contributed by atoms with van der Waals surface area (Å²) in [5.41, 5.74) is 3.36. The standard InChI is InChI=1S/C23H24N2O3S/c1-13(2)15-8-10-16(11-9-15)20-14(3)29-22(19(20)12-24)25-21(26)17-6-4-5-7-18(17)23(27)28/h4-5,8-11,13,17-18H,6-7H2,1-3H3,(H,25,26)(H,27,28)/p-1/t17-,18+/m0/s1. The number of hydrogen-bond acceptors (Lipinski definition) is 5. The lowest BCUT2D eigenvalue weighted by Crippen LogP contribution is -2.41. The number of aliphatic carboxylic acids is 1. The second kappa shape index (κ2) is 8.62. The van der Waals surface area contributed by atoms with Crippen molar-refractivity contribution in [3.8, 4) is 17.2 Å². The first kappa shape index (κ1) is 20.8. The average Bonchev–Trinajstić information content (AvgIpc) is 3.02. The van der Waals surface area contributed by atoms with Crippen LogP contribution in [-0.2, 0) is 9.59 Å². The van der Waals surface area contributed by atoms with Gasteiger partial charge in [0.1, 0.15) is 11.1 Å². The molecule has 1 aliphatic rings. The molecule has 0 saturated carbocycles. The maximum atomic E-state index is 12.8. The van der Waals surface area contributed by atoms with Gasteiger partial charge in [0.25, 0.3) is 0 Å². The maximum Gasteiger partial charge on any atom is 0.229 e. The molecule has 6 heteroatoms. The highest BCUT2D eigenvalue weighted by Crippen LogP contribution is 2.40. The second-order valence-electron chi connectivity index (χ2n) is 7.59. The Balaban J connectivity index is 1.91. The molecule has 1 aromatic carbocycles. The van der Waals surface area contributed by atoms with Gasteiger partial charge < -0.3 is 15.2 Å². The first-order valence-electron chi connectivity index (χ1n) is 9.64. The van der Waals surface area contributed by atoms with E-state index in [1.807, 2.05) is 25.1 Å². The van der Waals surface area contributed by atoms with Gasteiger partial charge >= 0.3 is 0 Å². The molecule has 2 aromatic rings. The van der Waals surface area contributed by atoms with Crippen molar-refractivity contribution in [3.05, 3.63) is 52.4 Å². The van der Waals surface area contributed by atoms with Crippen LogP contribution in [0.15, 0.2) is 36.4 Å². The number of thiophene rings is 1. The van der Waals surface area contributed by atoms with Crippen LogP contribution in [0.4, 0.5) is 5.00 Å². The van der Waals surface area contributed by atoms with Gasteiger partial charge in [-0.3, -0.25) is 4.79 Å². The number of rotatable bonds is 5. The zero-order valence-electron chi connectivity index (χ0n) is 16.7. The molecule has 1 N–H and O–H groups in total. The maximum absolute atomic E-state index is 12.8. The molecular formula is C23H23N2O3S-. The molecule has 1 aliphatic carbocycles. The Morgan fingerprint density at radius 1 is 1.17 bits per heavy atom. The van der Waals surface area contributed by atoms with Crippen LogP contribution in [0.2, 0.25) is 0 Å². The lowest BCUT2D eigenvalue weighted by molar-refractivity contribution is -0.313. The number of amides is 1. The summed E-state index contributed by atoms with van der Waals surface area (Å²) in [5.74, 6) is -2.74. The van der Waals surface area contributed by atoms with Crippen LogP contribution in [0.25, 0.3) is 11.1 Å². The fourth-order valence-corrected chi connectivity index (χ4v) is 4.72. The number of carboxylic acids is 1. The van der Waals surface area contributed by atoms with Crippen LogP contribution in [-0.4, -0.2) is 11.9 Å². The van der Waals surface area contributed by atoms with Crippen molar-refractivity contribution in [2.75, 3.05) is 5.32 Å². The minimum absolute atomic E-state index is 0.280. The van der Waals surface area contributed by atoms with Crippen LogP contribution in [0.5, 0.6) is 0 Å². The van der Waals surface area contributed by atoms with Gasteiger partial charge in [-0.1, -0.05) is 50.3 Å². The topological polar surface area (TPSA) is 93.0 Å². The van der Waals surface area contributed by atoms with Gasteiger partial charge in [0.2, 0.25) is 5.91 Å². The zero-order valence-corrected chi connectivity index (χ0v) is 17.5. The van der Waals surface area contributed by atoms with Crippen molar-refractivity contribution in [2.45, 2.75) is 39.5 Å². The molecule has 0 bridgehead atoms. The Morgan fingerprint density at radius 3 is 2.34 bits per heavy atom. The molecule has 0 radical (unpaired) electrons. The van der Waals surface area contributed by atoms with Crippen molar-refractivity contribution in [1.29, 1.82) is 5.26 Å². The summed E-state index contributed by atoms with van der Waals surface area (Å²) < 4.78 is 0. The number of benzene rings is 1. The third-order valence-corrected chi connectivity index (χ3v) is 6.39. The molecule has 1 heterocycles. The van der Waals surface area contributed by atoms with Gasteiger partial charge in [0.05, 0.1) is 11.5 Å². The predicted molar refractivity (Wildman–Crippen MR) is 112 cm³/mol. The number of nitrogens with zero attached hydrogens (tertiary/aromatic N) is 1. The quantitative estimate of drug-likeness (QED) is 0.759. The summed E-state index contributed by atoms with van der Waals surface area (Å²) in [4.78, 5) is 25.1. The van der Waals surface area contributed by atoms with Gasteiger partial charge in [-0.25, -0.2) is 0 Å². The van der Waals surface area contributed by atoms with Crippen LogP contribution in [0.3, 0.4) is 0 Å². The molecule has 5 nitrogen and oxygen atoms in total. The Kier molecular flexibility index (Phi) is 6.19. The summed E-state index contributed by atoms with van der Waals surface area (Å²) in [6, 6.07) is 10.3. The largest absolute Gasteiger partial charge is 0.550 e.